The first-order valence-electron chi connectivity index (χ1n) is 5.41. The summed E-state index contributed by atoms with van der Waals surface area (Å²) in [5.74, 6) is -1.38. The van der Waals surface area contributed by atoms with Crippen molar-refractivity contribution in [2.45, 2.75) is 6.92 Å². The van der Waals surface area contributed by atoms with E-state index >= 15 is 0 Å². The summed E-state index contributed by atoms with van der Waals surface area (Å²) in [5.41, 5.74) is 1.21. The lowest BCUT2D eigenvalue weighted by Gasteiger charge is -2.06. The topological polar surface area (TPSA) is 86.6 Å². The van der Waals surface area contributed by atoms with Gasteiger partial charge >= 0.3 is 5.97 Å². The average molecular weight is 277 g/mol. The van der Waals surface area contributed by atoms with Crippen LogP contribution < -0.4 is 5.32 Å². The van der Waals surface area contributed by atoms with Crippen molar-refractivity contribution in [3.63, 3.8) is 0 Å². The molecule has 0 spiro atoms. The molecule has 1 heterocycles. The minimum absolute atomic E-state index is 0.0869. The molecule has 2 aromatic rings. The summed E-state index contributed by atoms with van der Waals surface area (Å²) < 4.78 is 0. The molecule has 0 aliphatic rings. The zero-order valence-corrected chi connectivity index (χ0v) is 10.8. The summed E-state index contributed by atoms with van der Waals surface area (Å²) in [6.45, 7) is 1.68. The molecule has 6 heteroatoms. The maximum atomic E-state index is 12.0. The number of carboxylic acids is 1. The Morgan fingerprint density at radius 1 is 1.26 bits per heavy atom. The Kier molecular flexibility index (Phi) is 3.52. The Morgan fingerprint density at radius 2 is 2.00 bits per heavy atom. The van der Waals surface area contributed by atoms with Crippen LogP contribution in [0.15, 0.2) is 29.6 Å². The van der Waals surface area contributed by atoms with Crippen LogP contribution in [0.4, 0.5) is 5.69 Å². The Balaban J connectivity index is 2.23. The third-order valence-electron chi connectivity index (χ3n) is 2.57. The van der Waals surface area contributed by atoms with Gasteiger partial charge in [-0.3, -0.25) is 4.79 Å². The zero-order chi connectivity index (χ0) is 14.0. The first kappa shape index (κ1) is 13.1. The van der Waals surface area contributed by atoms with Crippen LogP contribution in [0.1, 0.15) is 25.6 Å². The van der Waals surface area contributed by atoms with Gasteiger partial charge in [-0.2, -0.15) is 0 Å². The monoisotopic (exact) mass is 277 g/mol. The van der Waals surface area contributed by atoms with E-state index < -0.39 is 11.9 Å². The molecule has 19 heavy (non-hydrogen) atoms. The molecule has 0 bridgehead atoms. The fraction of sp³-hybridized carbons (Fsp3) is 0.0769. The van der Waals surface area contributed by atoms with Crippen molar-refractivity contribution in [3.8, 4) is 5.75 Å². The van der Waals surface area contributed by atoms with Crippen LogP contribution in [-0.4, -0.2) is 22.1 Å². The lowest BCUT2D eigenvalue weighted by atomic mass is 10.1. The average Bonchev–Trinajstić information content (AvgIpc) is 2.80. The Labute approximate surface area is 113 Å². The van der Waals surface area contributed by atoms with Crippen LogP contribution in [0.25, 0.3) is 0 Å². The number of phenols is 1. The molecule has 0 aliphatic heterocycles. The first-order chi connectivity index (χ1) is 8.99. The number of amides is 1. The van der Waals surface area contributed by atoms with Crippen molar-refractivity contribution in [2.75, 3.05) is 5.32 Å². The van der Waals surface area contributed by atoms with Gasteiger partial charge in [0.15, 0.2) is 0 Å². The van der Waals surface area contributed by atoms with Crippen molar-refractivity contribution in [1.82, 2.24) is 0 Å². The summed E-state index contributed by atoms with van der Waals surface area (Å²) in [4.78, 5) is 23.0. The number of anilines is 1. The summed E-state index contributed by atoms with van der Waals surface area (Å²) in [5, 5.41) is 22.5. The maximum Gasteiger partial charge on any atom is 0.348 e. The van der Waals surface area contributed by atoms with Gasteiger partial charge in [-0.15, -0.1) is 11.3 Å². The number of aryl methyl sites for hydroxylation is 1. The van der Waals surface area contributed by atoms with Gasteiger partial charge in [0.25, 0.3) is 5.91 Å². The summed E-state index contributed by atoms with van der Waals surface area (Å²) in [6, 6.07) is 5.98. The number of carboxylic acid groups (broad SMARTS) is 1. The predicted molar refractivity (Wildman–Crippen MR) is 72.1 cm³/mol. The highest BCUT2D eigenvalue weighted by atomic mass is 32.1. The molecular formula is C13H11NO4S. The summed E-state index contributed by atoms with van der Waals surface area (Å²) in [7, 11) is 0. The van der Waals surface area contributed by atoms with E-state index in [1.807, 2.05) is 0 Å². The van der Waals surface area contributed by atoms with Gasteiger partial charge < -0.3 is 15.5 Å². The smallest absolute Gasteiger partial charge is 0.348 e. The molecule has 0 radical (unpaired) electrons. The highest BCUT2D eigenvalue weighted by molar-refractivity contribution is 7.12. The van der Waals surface area contributed by atoms with Crippen LogP contribution in [0.5, 0.6) is 5.75 Å². The van der Waals surface area contributed by atoms with Gasteiger partial charge in [0, 0.05) is 5.56 Å². The van der Waals surface area contributed by atoms with Crippen LogP contribution in [0.2, 0.25) is 0 Å². The van der Waals surface area contributed by atoms with Crippen molar-refractivity contribution >= 4 is 28.9 Å². The highest BCUT2D eigenvalue weighted by Crippen LogP contribution is 2.23. The Hall–Kier alpha value is -2.34. The van der Waals surface area contributed by atoms with Crippen molar-refractivity contribution in [3.05, 3.63) is 45.6 Å². The summed E-state index contributed by atoms with van der Waals surface area (Å²) in [6.07, 6.45) is 0. The number of nitrogens with one attached hydrogen (secondary N) is 1. The number of aromatic carboxylic acids is 1. The third kappa shape index (κ3) is 2.74. The SMILES string of the molecule is Cc1cc(C(=O)Nc2ccsc2C(=O)O)ccc1O. The number of benzene rings is 1. The second-order valence-corrected chi connectivity index (χ2v) is 4.84. The van der Waals surface area contributed by atoms with Crippen LogP contribution in [-0.2, 0) is 0 Å². The number of hydrogen-bond acceptors (Lipinski definition) is 4. The fourth-order valence-corrected chi connectivity index (χ4v) is 2.25. The third-order valence-corrected chi connectivity index (χ3v) is 3.47. The predicted octanol–water partition coefficient (Wildman–Crippen LogP) is 2.71. The molecule has 0 aliphatic carbocycles. The molecule has 0 fully saturated rings. The maximum absolute atomic E-state index is 12.0. The molecule has 0 atom stereocenters. The van der Waals surface area contributed by atoms with Gasteiger partial charge in [0.05, 0.1) is 5.69 Å². The van der Waals surface area contributed by atoms with Gasteiger partial charge in [-0.05, 0) is 42.1 Å². The highest BCUT2D eigenvalue weighted by Gasteiger charge is 2.15. The quantitative estimate of drug-likeness (QED) is 0.805. The molecule has 5 nitrogen and oxygen atoms in total. The molecule has 0 saturated carbocycles. The fourth-order valence-electron chi connectivity index (χ4n) is 1.56. The molecule has 0 saturated heterocycles. The standard InChI is InChI=1S/C13H11NO4S/c1-7-6-8(2-3-10(7)15)12(16)14-9-4-5-19-11(9)13(17)18/h2-6,15H,1H3,(H,14,16)(H,17,18). The van der Waals surface area contributed by atoms with Crippen molar-refractivity contribution in [2.24, 2.45) is 0 Å². The molecule has 98 valence electrons. The van der Waals surface area contributed by atoms with Crippen molar-refractivity contribution in [1.29, 1.82) is 0 Å². The minimum Gasteiger partial charge on any atom is -0.508 e. The van der Waals surface area contributed by atoms with Crippen LogP contribution in [0, 0.1) is 6.92 Å². The molecule has 2 rings (SSSR count). The second-order valence-electron chi connectivity index (χ2n) is 3.92. The van der Waals surface area contributed by atoms with E-state index in [4.69, 9.17) is 5.11 Å². The van der Waals surface area contributed by atoms with Crippen LogP contribution >= 0.6 is 11.3 Å². The van der Waals surface area contributed by atoms with E-state index in [1.165, 1.54) is 18.2 Å². The molecule has 1 aromatic heterocycles. The lowest BCUT2D eigenvalue weighted by Crippen LogP contribution is -2.13. The van der Waals surface area contributed by atoms with E-state index in [0.29, 0.717) is 11.1 Å². The number of carbonyl (C=O) groups is 2. The molecule has 3 N–H and O–H groups in total. The number of thiophene rings is 1. The van der Waals surface area contributed by atoms with Crippen LogP contribution in [0.3, 0.4) is 0 Å². The number of phenolic OH excluding ortho intramolecular Hbond substituents is 1. The number of rotatable bonds is 3. The molecule has 1 amide bonds. The van der Waals surface area contributed by atoms with E-state index in [1.54, 1.807) is 18.4 Å². The van der Waals surface area contributed by atoms with Gasteiger partial charge in [-0.1, -0.05) is 0 Å². The van der Waals surface area contributed by atoms with Gasteiger partial charge in [-0.25, -0.2) is 4.79 Å². The molecular weight excluding hydrogens is 266 g/mol. The molecule has 1 aromatic carbocycles. The van der Waals surface area contributed by atoms with E-state index in [-0.39, 0.29) is 16.3 Å². The number of hydrogen-bond donors (Lipinski definition) is 3. The number of aromatic hydroxyl groups is 1. The Morgan fingerprint density at radius 3 is 2.63 bits per heavy atom. The second kappa shape index (κ2) is 5.11. The Bertz CT molecular complexity index is 648. The van der Waals surface area contributed by atoms with E-state index in [2.05, 4.69) is 5.32 Å². The van der Waals surface area contributed by atoms with Gasteiger partial charge in [0.1, 0.15) is 10.6 Å². The normalized spacial score (nSPS) is 10.2. The van der Waals surface area contributed by atoms with E-state index in [0.717, 1.165) is 11.3 Å². The zero-order valence-electron chi connectivity index (χ0n) is 10.0. The molecule has 0 unspecified atom stereocenters. The number of carbonyl (C=O) groups excluding carboxylic acids is 1. The van der Waals surface area contributed by atoms with Crippen molar-refractivity contribution < 1.29 is 19.8 Å². The lowest BCUT2D eigenvalue weighted by molar-refractivity contribution is 0.0703. The summed E-state index contributed by atoms with van der Waals surface area (Å²) >= 11 is 1.05. The van der Waals surface area contributed by atoms with E-state index in [9.17, 15) is 14.7 Å². The first-order valence-corrected chi connectivity index (χ1v) is 6.28. The minimum atomic E-state index is -1.08. The van der Waals surface area contributed by atoms with Gasteiger partial charge in [0.2, 0.25) is 0 Å². The largest absolute Gasteiger partial charge is 0.508 e.